The minimum atomic E-state index is -1.64. The van der Waals surface area contributed by atoms with Crippen LogP contribution in [0.5, 0.6) is 0 Å². The first-order valence-electron chi connectivity index (χ1n) is 9.54. The van der Waals surface area contributed by atoms with Crippen LogP contribution in [0.15, 0.2) is 41.3 Å². The van der Waals surface area contributed by atoms with Gasteiger partial charge in [0.1, 0.15) is 17.9 Å². The Kier molecular flexibility index (Phi) is 6.51. The van der Waals surface area contributed by atoms with Gasteiger partial charge in [-0.3, -0.25) is 14.0 Å². The third kappa shape index (κ3) is 4.85. The van der Waals surface area contributed by atoms with Crippen molar-refractivity contribution in [3.8, 4) is 0 Å². The third-order valence-corrected chi connectivity index (χ3v) is 4.62. The molecule has 0 aliphatic carbocycles. The Morgan fingerprint density at radius 3 is 2.67 bits per heavy atom. The van der Waals surface area contributed by atoms with Gasteiger partial charge < -0.3 is 10.2 Å². The van der Waals surface area contributed by atoms with Crippen molar-refractivity contribution in [2.45, 2.75) is 26.8 Å². The van der Waals surface area contributed by atoms with Gasteiger partial charge in [0.15, 0.2) is 24.0 Å². The van der Waals surface area contributed by atoms with Crippen LogP contribution in [0.3, 0.4) is 0 Å². The van der Waals surface area contributed by atoms with E-state index in [0.29, 0.717) is 24.4 Å². The molecule has 3 rings (SSSR count). The van der Waals surface area contributed by atoms with Crippen molar-refractivity contribution in [2.24, 2.45) is 0 Å². The Labute approximate surface area is 171 Å². The molecule has 0 spiro atoms. The van der Waals surface area contributed by atoms with E-state index in [-0.39, 0.29) is 12.1 Å². The number of anilines is 1. The number of aromatic nitrogens is 2. The Hall–Kier alpha value is -3.20. The fourth-order valence-electron chi connectivity index (χ4n) is 3.24. The molecule has 0 saturated heterocycles. The summed E-state index contributed by atoms with van der Waals surface area (Å²) >= 11 is 0. The summed E-state index contributed by atoms with van der Waals surface area (Å²) in [7, 11) is 0. The van der Waals surface area contributed by atoms with Crippen molar-refractivity contribution in [3.63, 3.8) is 0 Å². The number of nitrogens with zero attached hydrogens (tertiary/aromatic N) is 2. The molecule has 0 saturated carbocycles. The van der Waals surface area contributed by atoms with Gasteiger partial charge in [-0.25, -0.2) is 18.2 Å². The van der Waals surface area contributed by atoms with Crippen LogP contribution in [0, 0.1) is 24.4 Å². The molecule has 2 N–H and O–H groups in total. The number of fused-ring (bicyclic) bond motifs is 1. The van der Waals surface area contributed by atoms with Gasteiger partial charge in [-0.2, -0.15) is 0 Å². The number of carbonyl (C=O) groups is 1. The number of aryl methyl sites for hydroxylation is 1. The normalized spacial score (nSPS) is 12.2. The van der Waals surface area contributed by atoms with Gasteiger partial charge in [0.25, 0.3) is 11.5 Å². The fraction of sp³-hybridized carbons (Fsp3) is 0.286. The molecule has 30 heavy (non-hydrogen) atoms. The highest BCUT2D eigenvalue weighted by Crippen LogP contribution is 2.19. The summed E-state index contributed by atoms with van der Waals surface area (Å²) < 4.78 is 41.7. The molecule has 3 aromatic rings. The number of hydrogen-bond acceptors (Lipinski definition) is 3. The second-order valence-corrected chi connectivity index (χ2v) is 7.15. The molecular formula is C21H22F3N4O2+. The fourth-order valence-corrected chi connectivity index (χ4v) is 3.24. The summed E-state index contributed by atoms with van der Waals surface area (Å²) in [6, 6.07) is 6.75. The van der Waals surface area contributed by atoms with Gasteiger partial charge in [0, 0.05) is 12.3 Å². The van der Waals surface area contributed by atoms with Crippen molar-refractivity contribution in [1.29, 1.82) is 0 Å². The molecule has 2 heterocycles. The SMILES string of the molecule is CCC[NH+](CC(=O)Nc1ccc(F)c(F)c1F)Cc1cc(=O)n2cc(C)ccc2n1. The Morgan fingerprint density at radius 1 is 1.17 bits per heavy atom. The van der Waals surface area contributed by atoms with Crippen LogP contribution in [0.1, 0.15) is 24.6 Å². The lowest BCUT2D eigenvalue weighted by Crippen LogP contribution is -3.11. The summed E-state index contributed by atoms with van der Waals surface area (Å²) in [5.41, 5.74) is 1.32. The number of pyridine rings is 1. The second-order valence-electron chi connectivity index (χ2n) is 7.15. The highest BCUT2D eigenvalue weighted by atomic mass is 19.2. The van der Waals surface area contributed by atoms with E-state index < -0.39 is 29.0 Å². The highest BCUT2D eigenvalue weighted by molar-refractivity contribution is 5.91. The maximum Gasteiger partial charge on any atom is 0.279 e. The maximum atomic E-state index is 13.8. The maximum absolute atomic E-state index is 13.8. The van der Waals surface area contributed by atoms with Gasteiger partial charge in [0.2, 0.25) is 0 Å². The molecule has 1 aromatic carbocycles. The third-order valence-electron chi connectivity index (χ3n) is 4.62. The lowest BCUT2D eigenvalue weighted by Gasteiger charge is -2.18. The first-order valence-corrected chi connectivity index (χ1v) is 9.54. The zero-order valence-electron chi connectivity index (χ0n) is 16.6. The quantitative estimate of drug-likeness (QED) is 0.575. The van der Waals surface area contributed by atoms with Crippen LogP contribution in [0.2, 0.25) is 0 Å². The Morgan fingerprint density at radius 2 is 1.93 bits per heavy atom. The average Bonchev–Trinajstić information content (AvgIpc) is 2.69. The van der Waals surface area contributed by atoms with Crippen molar-refractivity contribution < 1.29 is 22.9 Å². The smallest absolute Gasteiger partial charge is 0.279 e. The van der Waals surface area contributed by atoms with Crippen molar-refractivity contribution in [1.82, 2.24) is 9.38 Å². The summed E-state index contributed by atoms with van der Waals surface area (Å²) in [5.74, 6) is -4.97. The summed E-state index contributed by atoms with van der Waals surface area (Å²) in [4.78, 5) is 30.0. The predicted octanol–water partition coefficient (Wildman–Crippen LogP) is 1.85. The van der Waals surface area contributed by atoms with Crippen LogP contribution >= 0.6 is 0 Å². The van der Waals surface area contributed by atoms with Gasteiger partial charge in [-0.15, -0.1) is 0 Å². The number of hydrogen-bond donors (Lipinski definition) is 2. The van der Waals surface area contributed by atoms with Gasteiger partial charge in [0.05, 0.1) is 12.2 Å². The van der Waals surface area contributed by atoms with Crippen molar-refractivity contribution >= 4 is 17.2 Å². The van der Waals surface area contributed by atoms with E-state index >= 15 is 0 Å². The molecule has 1 unspecified atom stereocenters. The molecule has 6 nitrogen and oxygen atoms in total. The topological polar surface area (TPSA) is 67.9 Å². The lowest BCUT2D eigenvalue weighted by atomic mass is 10.2. The van der Waals surface area contributed by atoms with E-state index in [1.165, 1.54) is 10.5 Å². The monoisotopic (exact) mass is 419 g/mol. The van der Waals surface area contributed by atoms with Crippen LogP contribution in [-0.2, 0) is 11.3 Å². The van der Waals surface area contributed by atoms with Gasteiger partial charge in [-0.05, 0) is 37.1 Å². The van der Waals surface area contributed by atoms with E-state index in [4.69, 9.17) is 0 Å². The molecule has 2 aromatic heterocycles. The molecule has 0 aliphatic heterocycles. The van der Waals surface area contributed by atoms with Gasteiger partial charge >= 0.3 is 0 Å². The Bertz CT molecular complexity index is 1150. The Balaban J connectivity index is 1.75. The van der Waals surface area contributed by atoms with E-state index in [2.05, 4.69) is 10.3 Å². The molecule has 158 valence electrons. The van der Waals surface area contributed by atoms with Crippen molar-refractivity contribution in [3.05, 3.63) is 75.6 Å². The van der Waals surface area contributed by atoms with E-state index in [1.807, 2.05) is 19.9 Å². The number of nitrogens with one attached hydrogen (secondary N) is 2. The zero-order valence-corrected chi connectivity index (χ0v) is 16.6. The molecule has 9 heteroatoms. The van der Waals surface area contributed by atoms with Gasteiger partial charge in [-0.1, -0.05) is 13.0 Å². The number of carbonyl (C=O) groups excluding carboxylic acids is 1. The van der Waals surface area contributed by atoms with E-state index in [1.54, 1.807) is 12.3 Å². The van der Waals surface area contributed by atoms with Crippen LogP contribution in [0.25, 0.3) is 5.65 Å². The number of amides is 1. The number of benzene rings is 1. The molecule has 0 fully saturated rings. The first-order chi connectivity index (χ1) is 14.3. The molecule has 1 atom stereocenters. The predicted molar refractivity (Wildman–Crippen MR) is 106 cm³/mol. The molecule has 0 aliphatic rings. The molecular weight excluding hydrogens is 397 g/mol. The average molecular weight is 419 g/mol. The minimum Gasteiger partial charge on any atom is -0.322 e. The molecule has 1 amide bonds. The van der Waals surface area contributed by atoms with Crippen molar-refractivity contribution in [2.75, 3.05) is 18.4 Å². The summed E-state index contributed by atoms with van der Waals surface area (Å²) in [6.45, 7) is 4.67. The molecule has 0 bridgehead atoms. The summed E-state index contributed by atoms with van der Waals surface area (Å²) in [5, 5.41) is 2.27. The minimum absolute atomic E-state index is 0.0543. The van der Waals surface area contributed by atoms with Crippen LogP contribution < -0.4 is 15.8 Å². The number of halogens is 3. The zero-order chi connectivity index (χ0) is 21.8. The first kappa shape index (κ1) is 21.5. The molecule has 0 radical (unpaired) electrons. The lowest BCUT2D eigenvalue weighted by molar-refractivity contribution is -0.906. The second kappa shape index (κ2) is 9.08. The largest absolute Gasteiger partial charge is 0.322 e. The van der Waals surface area contributed by atoms with Crippen LogP contribution in [-0.4, -0.2) is 28.4 Å². The number of quaternary nitrogens is 1. The van der Waals surface area contributed by atoms with E-state index in [9.17, 15) is 22.8 Å². The van der Waals surface area contributed by atoms with E-state index in [0.717, 1.165) is 29.0 Å². The number of rotatable bonds is 7. The summed E-state index contributed by atoms with van der Waals surface area (Å²) in [6.07, 6.45) is 2.46. The van der Waals surface area contributed by atoms with Crippen LogP contribution in [0.4, 0.5) is 18.9 Å². The highest BCUT2D eigenvalue weighted by Gasteiger charge is 2.19. The standard InChI is InChI=1S/C21H21F3N4O2/c1-3-8-27(12-18(29)26-16-6-5-15(22)20(23)21(16)24)11-14-9-19(30)28-10-13(2)4-7-17(28)25-14/h4-7,9-10H,3,8,11-12H2,1-2H3,(H,26,29)/p+1.